The molecular formula is C113H67N19. The lowest BCUT2D eigenvalue weighted by atomic mass is 9.97. The Morgan fingerprint density at radius 1 is 0.159 bits per heavy atom. The fourth-order valence-electron chi connectivity index (χ4n) is 17.1. The molecule has 0 spiro atoms. The van der Waals surface area contributed by atoms with Crippen molar-refractivity contribution in [2.75, 3.05) is 0 Å². The highest BCUT2D eigenvalue weighted by atomic mass is 15.1. The summed E-state index contributed by atoms with van der Waals surface area (Å²) in [4.78, 5) is 79.3. The summed E-state index contributed by atoms with van der Waals surface area (Å²) in [5.41, 5.74) is 18.2. The van der Waals surface area contributed by atoms with Crippen LogP contribution >= 0.6 is 0 Å². The fraction of sp³-hybridized carbons (Fsp3) is 0. The van der Waals surface area contributed by atoms with Gasteiger partial charge in [0, 0.05) is 105 Å². The predicted octanol–water partition coefficient (Wildman–Crippen LogP) is 25.2. The number of hydrogen-bond acceptors (Lipinski definition) is 17. The zero-order valence-electron chi connectivity index (χ0n) is 70.2. The third kappa shape index (κ3) is 14.8. The first-order valence-electron chi connectivity index (χ1n) is 42.9. The molecule has 0 fully saturated rings. The van der Waals surface area contributed by atoms with Crippen molar-refractivity contribution in [3.8, 4) is 205 Å². The number of nitriles is 2. The van der Waals surface area contributed by atoms with Crippen molar-refractivity contribution in [1.82, 2.24) is 83.9 Å². The second-order valence-corrected chi connectivity index (χ2v) is 31.7. The molecule has 0 radical (unpaired) electrons. The molecular weight excluding hydrogens is 1620 g/mol. The molecule has 0 N–H and O–H groups in total. The van der Waals surface area contributed by atoms with Crippen LogP contribution in [-0.2, 0) is 0 Å². The van der Waals surface area contributed by atoms with Crippen LogP contribution in [0.15, 0.2) is 406 Å². The fourth-order valence-corrected chi connectivity index (χ4v) is 17.1. The van der Waals surface area contributed by atoms with Gasteiger partial charge in [0.1, 0.15) is 0 Å². The maximum atomic E-state index is 11.3. The van der Waals surface area contributed by atoms with Gasteiger partial charge in [0.2, 0.25) is 0 Å². The van der Waals surface area contributed by atoms with E-state index in [-0.39, 0.29) is 5.82 Å². The summed E-state index contributed by atoms with van der Waals surface area (Å²) < 4.78 is 4.44. The summed E-state index contributed by atoms with van der Waals surface area (Å²) in [5, 5.41) is 25.6. The number of aromatic nitrogens is 17. The zero-order valence-corrected chi connectivity index (χ0v) is 70.2. The van der Waals surface area contributed by atoms with Gasteiger partial charge in [0.05, 0.1) is 56.7 Å². The van der Waals surface area contributed by atoms with Gasteiger partial charge in [-0.2, -0.15) is 10.5 Å². The molecule has 0 atom stereocenters. The monoisotopic (exact) mass is 1690 g/mol. The molecule has 0 amide bonds. The van der Waals surface area contributed by atoms with Crippen LogP contribution in [0.1, 0.15) is 11.1 Å². The van der Waals surface area contributed by atoms with E-state index < -0.39 is 0 Å². The average molecular weight is 1690 g/mol. The summed E-state index contributed by atoms with van der Waals surface area (Å²) in [7, 11) is 0. The van der Waals surface area contributed by atoms with Crippen molar-refractivity contribution in [2.24, 2.45) is 0 Å². The summed E-state index contributed by atoms with van der Waals surface area (Å²) >= 11 is 0. The van der Waals surface area contributed by atoms with Gasteiger partial charge in [0.15, 0.2) is 87.4 Å². The summed E-state index contributed by atoms with van der Waals surface area (Å²) in [5.74, 6) is 6.88. The number of hydrogen-bond donors (Lipinski definition) is 0. The van der Waals surface area contributed by atoms with E-state index in [1.807, 2.05) is 340 Å². The molecule has 16 aromatic carbocycles. The SMILES string of the molecule is N#Cc1ccc(-n2c3ccc(-c4nc(-c5ccccc5)nc(-c5ccccc5)n4)cc3c3cc(-c4nc(-c5ccccc5)nc(-c5ccccc5)n4)ccc32)c(-c2nc(-c3ccccc3)nc(-c3ccc(-c4ccccc4C#N)cc3-n3c4ccc(-c5nc(-c6ccccc6)nc(-c6ccccc6)n5)cc4c4cc(-c5nc(-c6ccccc6)nc(-c6ccccc6)n5)ccc43)n2)c1. The molecule has 23 rings (SSSR count). The summed E-state index contributed by atoms with van der Waals surface area (Å²) in [6, 6.07) is 139. The van der Waals surface area contributed by atoms with Crippen molar-refractivity contribution < 1.29 is 0 Å². The van der Waals surface area contributed by atoms with Crippen LogP contribution in [0.3, 0.4) is 0 Å². The number of benzene rings is 16. The lowest BCUT2D eigenvalue weighted by Crippen LogP contribution is -2.06. The molecule has 0 unspecified atom stereocenters. The van der Waals surface area contributed by atoms with E-state index >= 15 is 0 Å². The first-order chi connectivity index (χ1) is 65.3. The van der Waals surface area contributed by atoms with Crippen molar-refractivity contribution in [2.45, 2.75) is 0 Å². The topological polar surface area (TPSA) is 251 Å². The second kappa shape index (κ2) is 33.6. The minimum absolute atomic E-state index is 0.263. The van der Waals surface area contributed by atoms with Gasteiger partial charge in [0.25, 0.3) is 0 Å². The lowest BCUT2D eigenvalue weighted by Gasteiger charge is -2.18. The summed E-state index contributed by atoms with van der Waals surface area (Å²) in [6.45, 7) is 0. The Hall–Kier alpha value is -18.9. The van der Waals surface area contributed by atoms with E-state index in [0.29, 0.717) is 126 Å². The Bertz CT molecular complexity index is 7910. The highest BCUT2D eigenvalue weighted by Gasteiger charge is 2.28. The highest BCUT2D eigenvalue weighted by molar-refractivity contribution is 6.14. The molecule has 0 aliphatic heterocycles. The smallest absolute Gasteiger partial charge is 0.166 e. The van der Waals surface area contributed by atoms with Crippen LogP contribution in [0, 0.1) is 22.7 Å². The van der Waals surface area contributed by atoms with E-state index in [1.54, 1.807) is 0 Å². The van der Waals surface area contributed by atoms with Gasteiger partial charge in [-0.15, -0.1) is 0 Å². The van der Waals surface area contributed by atoms with Gasteiger partial charge >= 0.3 is 0 Å². The highest BCUT2D eigenvalue weighted by Crippen LogP contribution is 2.45. The molecule has 7 aromatic heterocycles. The Morgan fingerprint density at radius 2 is 0.394 bits per heavy atom. The van der Waals surface area contributed by atoms with Crippen LogP contribution in [0.2, 0.25) is 0 Å². The largest absolute Gasteiger partial charge is 0.308 e. The van der Waals surface area contributed by atoms with Gasteiger partial charge in [-0.1, -0.05) is 297 Å². The van der Waals surface area contributed by atoms with Gasteiger partial charge < -0.3 is 9.13 Å². The third-order valence-electron chi connectivity index (χ3n) is 23.5. The maximum Gasteiger partial charge on any atom is 0.166 e. The molecule has 0 aliphatic rings. The minimum Gasteiger partial charge on any atom is -0.308 e. The van der Waals surface area contributed by atoms with Crippen molar-refractivity contribution >= 4 is 43.6 Å². The molecule has 23 aromatic rings. The van der Waals surface area contributed by atoms with Crippen molar-refractivity contribution in [3.05, 3.63) is 418 Å². The van der Waals surface area contributed by atoms with Crippen molar-refractivity contribution in [1.29, 1.82) is 10.5 Å². The number of rotatable bonds is 18. The molecule has 614 valence electrons. The standard InChI is InChI=1S/C113H67N19/c114-68-70-50-57-97(131-93-58-52-81(108-120-99(71-30-10-1-11-31-71)116-100(121-108)72-32-12-2-13-33-72)63-88(93)89-64-82(53-59-94(89)131)109-122-101(73-34-14-3-15-35-73)117-102(123-109)74-36-16-4-17-37-74)92(62-70)113-129-107(79-46-26-9-27-47-79)128-112(130-113)87-56-51-80(86-49-29-28-48-85(86)69-115)67-98(87)132-95-60-54-83(110-124-103(75-38-18-5-19-39-75)118-104(125-110)76-40-20-6-21-41-76)65-90(95)91-66-84(55-61-96(91)132)111-126-105(77-42-22-7-23-43-77)119-106(127-111)78-44-24-8-25-45-78/h1-67H. The van der Waals surface area contributed by atoms with Gasteiger partial charge in [-0.25, -0.2) is 74.8 Å². The predicted molar refractivity (Wildman–Crippen MR) is 518 cm³/mol. The van der Waals surface area contributed by atoms with E-state index in [0.717, 1.165) is 116 Å². The molecule has 0 saturated carbocycles. The Balaban J connectivity index is 0.764. The molecule has 0 aliphatic carbocycles. The van der Waals surface area contributed by atoms with E-state index in [9.17, 15) is 10.5 Å². The van der Waals surface area contributed by atoms with E-state index in [2.05, 4.69) is 88.0 Å². The maximum absolute atomic E-state index is 11.3. The molecule has 0 bridgehead atoms. The molecule has 7 heterocycles. The normalized spacial score (nSPS) is 11.3. The van der Waals surface area contributed by atoms with Gasteiger partial charge in [-0.05, 0) is 120 Å². The second-order valence-electron chi connectivity index (χ2n) is 31.7. The Kier molecular flexibility index (Phi) is 19.8. The Labute approximate surface area is 756 Å². The van der Waals surface area contributed by atoms with Crippen LogP contribution < -0.4 is 0 Å². The molecule has 0 saturated heterocycles. The number of fused-ring (bicyclic) bond motifs is 6. The minimum atomic E-state index is 0.263. The van der Waals surface area contributed by atoms with E-state index in [4.69, 9.17) is 74.8 Å². The van der Waals surface area contributed by atoms with Crippen LogP contribution in [0.4, 0.5) is 0 Å². The van der Waals surface area contributed by atoms with Crippen molar-refractivity contribution in [3.63, 3.8) is 0 Å². The molecule has 19 nitrogen and oxygen atoms in total. The quantitative estimate of drug-likeness (QED) is 0.0774. The van der Waals surface area contributed by atoms with E-state index in [1.165, 1.54) is 0 Å². The van der Waals surface area contributed by atoms with Crippen LogP contribution in [-0.4, -0.2) is 83.9 Å². The third-order valence-corrected chi connectivity index (χ3v) is 23.5. The van der Waals surface area contributed by atoms with Crippen LogP contribution in [0.25, 0.3) is 237 Å². The first-order valence-corrected chi connectivity index (χ1v) is 42.9. The number of nitrogens with zero attached hydrogens (tertiary/aromatic N) is 19. The average Bonchev–Trinajstić information content (AvgIpc) is 1.57. The molecule has 19 heteroatoms. The van der Waals surface area contributed by atoms with Gasteiger partial charge in [-0.3, -0.25) is 0 Å². The first kappa shape index (κ1) is 77.9. The van der Waals surface area contributed by atoms with Crippen LogP contribution in [0.5, 0.6) is 0 Å². The zero-order chi connectivity index (χ0) is 88.0. The summed E-state index contributed by atoms with van der Waals surface area (Å²) in [6.07, 6.45) is 0. The lowest BCUT2D eigenvalue weighted by molar-refractivity contribution is 1.06. The molecule has 132 heavy (non-hydrogen) atoms. The Morgan fingerprint density at radius 3 is 0.674 bits per heavy atom.